The Labute approximate surface area is 102 Å². The summed E-state index contributed by atoms with van der Waals surface area (Å²) in [5.74, 6) is -0.239. The Hall–Kier alpha value is -1.57. The Balaban J connectivity index is 2.41. The van der Waals surface area contributed by atoms with Crippen molar-refractivity contribution in [2.45, 2.75) is 25.6 Å². The average Bonchev–Trinajstić information content (AvgIpc) is 2.63. The van der Waals surface area contributed by atoms with Crippen LogP contribution in [0.15, 0.2) is 12.4 Å². The molecule has 0 spiro atoms. The van der Waals surface area contributed by atoms with E-state index in [1.54, 1.807) is 7.05 Å². The predicted octanol–water partition coefficient (Wildman–Crippen LogP) is 1.38. The lowest BCUT2D eigenvalue weighted by Crippen LogP contribution is -2.18. The van der Waals surface area contributed by atoms with Crippen molar-refractivity contribution >= 4 is 11.6 Å². The van der Waals surface area contributed by atoms with E-state index >= 15 is 0 Å². The molecule has 0 saturated carbocycles. The number of hydrogen-bond donors (Lipinski definition) is 2. The van der Waals surface area contributed by atoms with E-state index in [0.29, 0.717) is 19.4 Å². The fourth-order valence-electron chi connectivity index (χ4n) is 1.35. The standard InChI is InChI=1S/C10H15F3N4O/c1-14-4-2-3-9(18)16-8-5-15-17(6-8)7-10(11,12)13/h5-6,14H,2-4,7H2,1H3,(H,16,18). The van der Waals surface area contributed by atoms with E-state index in [4.69, 9.17) is 0 Å². The number of aromatic nitrogens is 2. The monoisotopic (exact) mass is 264 g/mol. The highest BCUT2D eigenvalue weighted by Gasteiger charge is 2.28. The van der Waals surface area contributed by atoms with Crippen molar-refractivity contribution < 1.29 is 18.0 Å². The Morgan fingerprint density at radius 2 is 2.22 bits per heavy atom. The van der Waals surface area contributed by atoms with Gasteiger partial charge in [0, 0.05) is 12.6 Å². The minimum absolute atomic E-state index is 0.239. The average molecular weight is 264 g/mol. The molecular weight excluding hydrogens is 249 g/mol. The van der Waals surface area contributed by atoms with Crippen LogP contribution in [-0.4, -0.2) is 35.5 Å². The van der Waals surface area contributed by atoms with Crippen LogP contribution in [0, 0.1) is 0 Å². The van der Waals surface area contributed by atoms with Crippen LogP contribution >= 0.6 is 0 Å². The molecule has 0 aliphatic heterocycles. The highest BCUT2D eigenvalue weighted by Crippen LogP contribution is 2.18. The molecule has 102 valence electrons. The quantitative estimate of drug-likeness (QED) is 0.763. The summed E-state index contributed by atoms with van der Waals surface area (Å²) in [5.41, 5.74) is 0.272. The van der Waals surface area contributed by atoms with Crippen LogP contribution in [0.2, 0.25) is 0 Å². The van der Waals surface area contributed by atoms with Gasteiger partial charge in [0.25, 0.3) is 0 Å². The molecule has 2 N–H and O–H groups in total. The summed E-state index contributed by atoms with van der Waals surface area (Å²) in [4.78, 5) is 11.4. The first-order valence-electron chi connectivity index (χ1n) is 5.44. The van der Waals surface area contributed by atoms with E-state index in [1.165, 1.54) is 6.20 Å². The molecule has 1 aromatic rings. The van der Waals surface area contributed by atoms with E-state index < -0.39 is 12.7 Å². The Kier molecular flexibility index (Phi) is 5.14. The van der Waals surface area contributed by atoms with Crippen LogP contribution in [-0.2, 0) is 11.3 Å². The zero-order valence-corrected chi connectivity index (χ0v) is 9.92. The largest absolute Gasteiger partial charge is 0.408 e. The Morgan fingerprint density at radius 3 is 2.83 bits per heavy atom. The van der Waals surface area contributed by atoms with Crippen LogP contribution in [0.5, 0.6) is 0 Å². The summed E-state index contributed by atoms with van der Waals surface area (Å²) in [5, 5.41) is 8.91. The second kappa shape index (κ2) is 6.39. The van der Waals surface area contributed by atoms with Crippen LogP contribution in [0.1, 0.15) is 12.8 Å². The fraction of sp³-hybridized carbons (Fsp3) is 0.600. The number of anilines is 1. The van der Waals surface area contributed by atoms with Crippen molar-refractivity contribution in [3.8, 4) is 0 Å². The third kappa shape index (κ3) is 5.67. The summed E-state index contributed by atoms with van der Waals surface area (Å²) in [6.45, 7) is -0.455. The molecule has 5 nitrogen and oxygen atoms in total. The van der Waals surface area contributed by atoms with E-state index in [9.17, 15) is 18.0 Å². The Morgan fingerprint density at radius 1 is 1.50 bits per heavy atom. The van der Waals surface area contributed by atoms with E-state index in [2.05, 4.69) is 15.7 Å². The van der Waals surface area contributed by atoms with Crippen LogP contribution in [0.25, 0.3) is 0 Å². The summed E-state index contributed by atoms with van der Waals surface area (Å²) in [7, 11) is 1.78. The maximum Gasteiger partial charge on any atom is 0.408 e. The van der Waals surface area contributed by atoms with Crippen molar-refractivity contribution in [1.82, 2.24) is 15.1 Å². The lowest BCUT2D eigenvalue weighted by molar-refractivity contribution is -0.142. The SMILES string of the molecule is CNCCCC(=O)Nc1cnn(CC(F)(F)F)c1. The summed E-state index contributed by atoms with van der Waals surface area (Å²) < 4.78 is 36.9. The van der Waals surface area contributed by atoms with Crippen molar-refractivity contribution in [3.05, 3.63) is 12.4 Å². The van der Waals surface area contributed by atoms with Gasteiger partial charge in [-0.25, -0.2) is 0 Å². The molecule has 1 rings (SSSR count). The number of halogens is 3. The van der Waals surface area contributed by atoms with Crippen LogP contribution in [0.3, 0.4) is 0 Å². The third-order valence-electron chi connectivity index (χ3n) is 2.09. The molecule has 0 saturated heterocycles. The molecule has 0 radical (unpaired) electrons. The number of hydrogen-bond acceptors (Lipinski definition) is 3. The molecular formula is C10H15F3N4O. The van der Waals surface area contributed by atoms with Gasteiger partial charge in [0.2, 0.25) is 5.91 Å². The molecule has 0 bridgehead atoms. The van der Waals surface area contributed by atoms with Gasteiger partial charge in [-0.15, -0.1) is 0 Å². The normalized spacial score (nSPS) is 11.6. The number of carbonyl (C=O) groups excluding carboxylic acids is 1. The van der Waals surface area contributed by atoms with Crippen LogP contribution in [0.4, 0.5) is 18.9 Å². The smallest absolute Gasteiger partial charge is 0.323 e. The summed E-state index contributed by atoms with van der Waals surface area (Å²) in [6, 6.07) is 0. The minimum atomic E-state index is -4.32. The second-order valence-electron chi connectivity index (χ2n) is 3.80. The Bertz CT molecular complexity index is 389. The number of carbonyl (C=O) groups is 1. The zero-order chi connectivity index (χ0) is 13.6. The number of alkyl halides is 3. The van der Waals surface area contributed by atoms with Gasteiger partial charge in [-0.3, -0.25) is 9.48 Å². The second-order valence-corrected chi connectivity index (χ2v) is 3.80. The van der Waals surface area contributed by atoms with Gasteiger partial charge in [-0.05, 0) is 20.0 Å². The van der Waals surface area contributed by atoms with Gasteiger partial charge in [-0.1, -0.05) is 0 Å². The zero-order valence-electron chi connectivity index (χ0n) is 9.92. The predicted molar refractivity (Wildman–Crippen MR) is 60.1 cm³/mol. The molecule has 0 unspecified atom stereocenters. The molecule has 8 heteroatoms. The van der Waals surface area contributed by atoms with Crippen molar-refractivity contribution in [2.75, 3.05) is 18.9 Å². The topological polar surface area (TPSA) is 59.0 Å². The number of rotatable bonds is 6. The third-order valence-corrected chi connectivity index (χ3v) is 2.09. The van der Waals surface area contributed by atoms with Crippen molar-refractivity contribution in [2.24, 2.45) is 0 Å². The summed E-state index contributed by atoms with van der Waals surface area (Å²) >= 11 is 0. The molecule has 1 amide bonds. The molecule has 0 atom stereocenters. The summed E-state index contributed by atoms with van der Waals surface area (Å²) in [6.07, 6.45) is -0.990. The van der Waals surface area contributed by atoms with Crippen molar-refractivity contribution in [3.63, 3.8) is 0 Å². The van der Waals surface area contributed by atoms with Gasteiger partial charge in [-0.2, -0.15) is 18.3 Å². The number of nitrogens with zero attached hydrogens (tertiary/aromatic N) is 2. The maximum absolute atomic E-state index is 12.1. The van der Waals surface area contributed by atoms with E-state index in [0.717, 1.165) is 10.9 Å². The lowest BCUT2D eigenvalue weighted by Gasteiger charge is -2.05. The molecule has 0 aromatic carbocycles. The van der Waals surface area contributed by atoms with Crippen molar-refractivity contribution in [1.29, 1.82) is 0 Å². The van der Waals surface area contributed by atoms with Gasteiger partial charge >= 0.3 is 6.18 Å². The molecule has 0 aliphatic carbocycles. The molecule has 1 aromatic heterocycles. The van der Waals surface area contributed by atoms with Gasteiger partial charge < -0.3 is 10.6 Å². The molecule has 1 heterocycles. The number of nitrogens with one attached hydrogen (secondary N) is 2. The van der Waals surface area contributed by atoms with E-state index in [1.807, 2.05) is 0 Å². The fourth-order valence-corrected chi connectivity index (χ4v) is 1.35. The molecule has 0 aliphatic rings. The molecule has 0 fully saturated rings. The van der Waals surface area contributed by atoms with Gasteiger partial charge in [0.15, 0.2) is 0 Å². The van der Waals surface area contributed by atoms with Gasteiger partial charge in [0.1, 0.15) is 6.54 Å². The maximum atomic E-state index is 12.1. The minimum Gasteiger partial charge on any atom is -0.323 e. The van der Waals surface area contributed by atoms with E-state index in [-0.39, 0.29) is 11.6 Å². The highest BCUT2D eigenvalue weighted by atomic mass is 19.4. The van der Waals surface area contributed by atoms with Gasteiger partial charge in [0.05, 0.1) is 11.9 Å². The first-order valence-corrected chi connectivity index (χ1v) is 5.44. The molecule has 18 heavy (non-hydrogen) atoms. The first kappa shape index (κ1) is 14.5. The lowest BCUT2D eigenvalue weighted by atomic mass is 10.3. The van der Waals surface area contributed by atoms with Crippen LogP contribution < -0.4 is 10.6 Å². The highest BCUT2D eigenvalue weighted by molar-refractivity contribution is 5.90. The number of amides is 1. The first-order chi connectivity index (χ1) is 8.40.